The Morgan fingerprint density at radius 3 is 2.74 bits per heavy atom. The van der Waals surface area contributed by atoms with E-state index < -0.39 is 18.5 Å². The van der Waals surface area contributed by atoms with Crippen molar-refractivity contribution in [2.24, 2.45) is 0 Å². The van der Waals surface area contributed by atoms with E-state index in [4.69, 9.17) is 9.26 Å². The summed E-state index contributed by atoms with van der Waals surface area (Å²) in [5.74, 6) is -1.37. The highest BCUT2D eigenvalue weighted by molar-refractivity contribution is 5.97. The molecule has 0 saturated carbocycles. The number of esters is 1. The second-order valence-electron chi connectivity index (χ2n) is 5.67. The molecular weight excluding hydrogens is 350 g/mol. The van der Waals surface area contributed by atoms with Crippen LogP contribution in [0, 0.1) is 0 Å². The summed E-state index contributed by atoms with van der Waals surface area (Å²) in [4.78, 5) is 35.5. The van der Waals surface area contributed by atoms with E-state index in [1.54, 1.807) is 36.4 Å². The molecule has 0 saturated heterocycles. The van der Waals surface area contributed by atoms with Gasteiger partial charge in [-0.15, -0.1) is 0 Å². The lowest BCUT2D eigenvalue weighted by molar-refractivity contribution is -0.146. The van der Waals surface area contributed by atoms with Gasteiger partial charge in [-0.1, -0.05) is 23.4 Å². The molecule has 0 atom stereocenters. The van der Waals surface area contributed by atoms with Gasteiger partial charge in [-0.2, -0.15) is 0 Å². The maximum atomic E-state index is 12.0. The fourth-order valence-corrected chi connectivity index (χ4v) is 2.48. The molecule has 2 amide bonds. The molecule has 0 unspecified atom stereocenters. The molecule has 0 bridgehead atoms. The Labute approximate surface area is 154 Å². The third-order valence-corrected chi connectivity index (χ3v) is 3.76. The van der Waals surface area contributed by atoms with E-state index in [1.165, 1.54) is 13.1 Å². The molecule has 2 N–H and O–H groups in total. The van der Waals surface area contributed by atoms with Gasteiger partial charge in [0.05, 0.1) is 6.42 Å². The average Bonchev–Trinajstić information content (AvgIpc) is 3.09. The SMILES string of the molecule is CNC(=O)c1cccc(NC(=O)COC(=O)Cc2noc3ccccc23)c1. The van der Waals surface area contributed by atoms with Crippen LogP contribution in [0.4, 0.5) is 5.69 Å². The molecule has 1 heterocycles. The van der Waals surface area contributed by atoms with Gasteiger partial charge in [-0.3, -0.25) is 14.4 Å². The molecule has 0 aliphatic carbocycles. The maximum absolute atomic E-state index is 12.0. The number of carbonyl (C=O) groups is 3. The molecule has 0 aliphatic rings. The number of benzene rings is 2. The Kier molecular flexibility index (Phi) is 5.46. The van der Waals surface area contributed by atoms with Gasteiger partial charge < -0.3 is 19.9 Å². The first-order valence-electron chi connectivity index (χ1n) is 8.17. The molecule has 0 fully saturated rings. The number of nitrogens with zero attached hydrogens (tertiary/aromatic N) is 1. The van der Waals surface area contributed by atoms with Crippen LogP contribution in [-0.2, 0) is 20.7 Å². The summed E-state index contributed by atoms with van der Waals surface area (Å²) in [7, 11) is 1.52. The molecule has 0 radical (unpaired) electrons. The number of nitrogens with one attached hydrogen (secondary N) is 2. The van der Waals surface area contributed by atoms with Crippen molar-refractivity contribution in [1.29, 1.82) is 0 Å². The van der Waals surface area contributed by atoms with Gasteiger partial charge in [0.1, 0.15) is 5.69 Å². The van der Waals surface area contributed by atoms with Crippen molar-refractivity contribution in [3.05, 3.63) is 59.8 Å². The van der Waals surface area contributed by atoms with Crippen LogP contribution in [-0.4, -0.2) is 36.6 Å². The zero-order chi connectivity index (χ0) is 19.2. The number of hydrogen-bond acceptors (Lipinski definition) is 6. The molecule has 3 rings (SSSR count). The minimum atomic E-state index is -0.594. The molecule has 8 nitrogen and oxygen atoms in total. The van der Waals surface area contributed by atoms with Crippen LogP contribution in [0.3, 0.4) is 0 Å². The number of fused-ring (bicyclic) bond motifs is 1. The van der Waals surface area contributed by atoms with Crippen molar-refractivity contribution in [3.8, 4) is 0 Å². The second-order valence-corrected chi connectivity index (χ2v) is 5.67. The highest BCUT2D eigenvalue weighted by Gasteiger charge is 2.14. The van der Waals surface area contributed by atoms with E-state index in [-0.39, 0.29) is 12.3 Å². The Bertz CT molecular complexity index is 996. The van der Waals surface area contributed by atoms with Crippen LogP contribution >= 0.6 is 0 Å². The Morgan fingerprint density at radius 2 is 1.93 bits per heavy atom. The number of ether oxygens (including phenoxy) is 1. The van der Waals surface area contributed by atoms with E-state index in [9.17, 15) is 14.4 Å². The Morgan fingerprint density at radius 1 is 1.11 bits per heavy atom. The van der Waals surface area contributed by atoms with Crippen LogP contribution < -0.4 is 10.6 Å². The minimum Gasteiger partial charge on any atom is -0.455 e. The zero-order valence-corrected chi connectivity index (χ0v) is 14.5. The van der Waals surface area contributed by atoms with Gasteiger partial charge in [-0.05, 0) is 30.3 Å². The van der Waals surface area contributed by atoms with Crippen molar-refractivity contribution in [3.63, 3.8) is 0 Å². The molecule has 0 spiro atoms. The second kappa shape index (κ2) is 8.13. The average molecular weight is 367 g/mol. The number of amides is 2. The topological polar surface area (TPSA) is 111 Å². The van der Waals surface area contributed by atoms with Gasteiger partial charge in [0.2, 0.25) is 0 Å². The highest BCUT2D eigenvalue weighted by Crippen LogP contribution is 2.18. The van der Waals surface area contributed by atoms with Crippen LogP contribution in [0.25, 0.3) is 11.0 Å². The van der Waals surface area contributed by atoms with Crippen molar-refractivity contribution in [2.75, 3.05) is 19.0 Å². The third kappa shape index (κ3) is 4.49. The fraction of sp³-hybridized carbons (Fsp3) is 0.158. The first-order valence-corrected chi connectivity index (χ1v) is 8.17. The van der Waals surface area contributed by atoms with Crippen molar-refractivity contribution >= 4 is 34.4 Å². The fourth-order valence-electron chi connectivity index (χ4n) is 2.48. The summed E-state index contributed by atoms with van der Waals surface area (Å²) in [6.45, 7) is -0.446. The molecule has 0 aliphatic heterocycles. The van der Waals surface area contributed by atoms with Gasteiger partial charge in [0.25, 0.3) is 11.8 Å². The minimum absolute atomic E-state index is 0.101. The van der Waals surface area contributed by atoms with E-state index in [1.807, 2.05) is 6.07 Å². The summed E-state index contributed by atoms with van der Waals surface area (Å²) < 4.78 is 10.1. The predicted octanol–water partition coefficient (Wildman–Crippen LogP) is 1.91. The molecule has 2 aromatic carbocycles. The van der Waals surface area contributed by atoms with E-state index in [0.717, 1.165) is 5.39 Å². The standard InChI is InChI=1S/C19H17N3O5/c1-20-19(25)12-5-4-6-13(9-12)21-17(23)11-26-18(24)10-15-14-7-2-3-8-16(14)27-22-15/h2-9H,10-11H2,1H3,(H,20,25)(H,21,23). The molecule has 3 aromatic rings. The maximum Gasteiger partial charge on any atom is 0.312 e. The Balaban J connectivity index is 1.53. The van der Waals surface area contributed by atoms with E-state index >= 15 is 0 Å². The lowest BCUT2D eigenvalue weighted by Gasteiger charge is -2.07. The quantitative estimate of drug-likeness (QED) is 0.644. The largest absolute Gasteiger partial charge is 0.455 e. The highest BCUT2D eigenvalue weighted by atomic mass is 16.5. The summed E-state index contributed by atoms with van der Waals surface area (Å²) >= 11 is 0. The summed E-state index contributed by atoms with van der Waals surface area (Å²) in [6, 6.07) is 13.6. The third-order valence-electron chi connectivity index (χ3n) is 3.76. The number of anilines is 1. The first kappa shape index (κ1) is 18.1. The number of carbonyl (C=O) groups excluding carboxylic acids is 3. The molecule has 1 aromatic heterocycles. The van der Waals surface area contributed by atoms with E-state index in [0.29, 0.717) is 22.5 Å². The van der Waals surface area contributed by atoms with Crippen molar-refractivity contribution in [1.82, 2.24) is 10.5 Å². The Hall–Kier alpha value is -3.68. The lowest BCUT2D eigenvalue weighted by Crippen LogP contribution is -2.22. The van der Waals surface area contributed by atoms with Crippen LogP contribution in [0.2, 0.25) is 0 Å². The monoisotopic (exact) mass is 367 g/mol. The number of rotatable bonds is 6. The number of aromatic nitrogens is 1. The van der Waals surface area contributed by atoms with Crippen LogP contribution in [0.15, 0.2) is 53.1 Å². The molecule has 138 valence electrons. The van der Waals surface area contributed by atoms with Crippen LogP contribution in [0.5, 0.6) is 0 Å². The number of para-hydroxylation sites is 1. The molecular formula is C19H17N3O5. The van der Waals surface area contributed by atoms with Crippen molar-refractivity contribution in [2.45, 2.75) is 6.42 Å². The van der Waals surface area contributed by atoms with Gasteiger partial charge in [0.15, 0.2) is 12.2 Å². The lowest BCUT2D eigenvalue weighted by atomic mass is 10.2. The summed E-state index contributed by atoms with van der Waals surface area (Å²) in [5, 5.41) is 9.65. The van der Waals surface area contributed by atoms with E-state index in [2.05, 4.69) is 15.8 Å². The smallest absolute Gasteiger partial charge is 0.312 e. The normalized spacial score (nSPS) is 10.4. The first-order chi connectivity index (χ1) is 13.1. The predicted molar refractivity (Wildman–Crippen MR) is 97.1 cm³/mol. The van der Waals surface area contributed by atoms with Crippen molar-refractivity contribution < 1.29 is 23.6 Å². The number of hydrogen-bond donors (Lipinski definition) is 2. The zero-order valence-electron chi connectivity index (χ0n) is 14.5. The van der Waals surface area contributed by atoms with Gasteiger partial charge in [-0.25, -0.2) is 0 Å². The van der Waals surface area contributed by atoms with Crippen LogP contribution in [0.1, 0.15) is 16.1 Å². The van der Waals surface area contributed by atoms with Gasteiger partial charge >= 0.3 is 5.97 Å². The molecule has 27 heavy (non-hydrogen) atoms. The summed E-state index contributed by atoms with van der Waals surface area (Å²) in [6.07, 6.45) is -0.101. The molecule has 8 heteroatoms. The van der Waals surface area contributed by atoms with Gasteiger partial charge in [0, 0.05) is 23.7 Å². The summed E-state index contributed by atoms with van der Waals surface area (Å²) in [5.41, 5.74) is 1.87.